The number of phosphoric acid groups is 1. The van der Waals surface area contributed by atoms with Crippen molar-refractivity contribution in [2.24, 2.45) is 0 Å². The van der Waals surface area contributed by atoms with Crippen LogP contribution in [0.3, 0.4) is 0 Å². The van der Waals surface area contributed by atoms with Crippen LogP contribution in [-0.4, -0.2) is 73.6 Å². The number of aliphatic hydroxyl groups excluding tert-OH is 2. The van der Waals surface area contributed by atoms with Crippen LogP contribution in [-0.2, 0) is 18.4 Å². The Balaban J connectivity index is 3.99. The largest absolute Gasteiger partial charge is 0.756 e. The molecule has 0 spiro atoms. The topological polar surface area (TPSA) is 116 Å². The lowest BCUT2D eigenvalue weighted by Crippen LogP contribution is -2.40. The van der Waals surface area contributed by atoms with Crippen molar-refractivity contribution < 1.29 is 38.0 Å². The zero-order chi connectivity index (χ0) is 26.6. The Kier molecular flexibility index (Phi) is 20.5. The van der Waals surface area contributed by atoms with Gasteiger partial charge in [0.1, 0.15) is 19.3 Å². The van der Waals surface area contributed by atoms with Crippen LogP contribution in [0.4, 0.5) is 0 Å². The average molecular weight is 524 g/mol. The standard InChI is InChI=1S/C26H54NO7P/c1-5-6-7-8-9-10-11-12-13-14-15-16-17-18-19-20-24(29)26(25(30)23-28)34-35(31,32)33-22-21-27(2,3)4/h25-26,28,30H,5-23H2,1-4H3/t25-,26?/m0/s1. The van der Waals surface area contributed by atoms with Crippen LogP contribution in [0.15, 0.2) is 0 Å². The van der Waals surface area contributed by atoms with Crippen LogP contribution in [0.25, 0.3) is 0 Å². The van der Waals surface area contributed by atoms with E-state index in [4.69, 9.17) is 9.05 Å². The Labute approximate surface area is 214 Å². The van der Waals surface area contributed by atoms with Gasteiger partial charge in [-0.1, -0.05) is 96.8 Å². The molecule has 0 fully saturated rings. The predicted octanol–water partition coefficient (Wildman–Crippen LogP) is 4.75. The van der Waals surface area contributed by atoms with Crippen molar-refractivity contribution >= 4 is 13.6 Å². The Morgan fingerprint density at radius 1 is 0.857 bits per heavy atom. The third-order valence-corrected chi connectivity index (χ3v) is 7.12. The van der Waals surface area contributed by atoms with Crippen LogP contribution in [0.2, 0.25) is 0 Å². The third-order valence-electron chi connectivity index (χ3n) is 6.13. The highest BCUT2D eigenvalue weighted by Crippen LogP contribution is 2.40. The molecule has 210 valence electrons. The first-order chi connectivity index (χ1) is 16.5. The van der Waals surface area contributed by atoms with E-state index in [0.29, 0.717) is 17.4 Å². The van der Waals surface area contributed by atoms with Gasteiger partial charge in [-0.2, -0.15) is 0 Å². The first-order valence-electron chi connectivity index (χ1n) is 13.8. The number of phosphoric ester groups is 1. The second-order valence-electron chi connectivity index (χ2n) is 10.7. The fourth-order valence-corrected chi connectivity index (χ4v) is 4.75. The van der Waals surface area contributed by atoms with Crippen LogP contribution in [0.5, 0.6) is 0 Å². The Hall–Kier alpha value is -0.340. The highest BCUT2D eigenvalue weighted by atomic mass is 31.2. The summed E-state index contributed by atoms with van der Waals surface area (Å²) in [5.74, 6) is -0.535. The van der Waals surface area contributed by atoms with Crippen molar-refractivity contribution in [1.29, 1.82) is 0 Å². The molecule has 0 heterocycles. The van der Waals surface area contributed by atoms with Gasteiger partial charge in [0.25, 0.3) is 7.82 Å². The molecular weight excluding hydrogens is 469 g/mol. The van der Waals surface area contributed by atoms with Crippen molar-refractivity contribution in [3.63, 3.8) is 0 Å². The Morgan fingerprint density at radius 3 is 1.69 bits per heavy atom. The number of carbonyl (C=O) groups is 1. The molecule has 2 N–H and O–H groups in total. The van der Waals surface area contributed by atoms with E-state index >= 15 is 0 Å². The van der Waals surface area contributed by atoms with Crippen LogP contribution in [0.1, 0.15) is 110 Å². The summed E-state index contributed by atoms with van der Waals surface area (Å²) in [6.45, 7) is 1.81. The van der Waals surface area contributed by atoms with Crippen molar-refractivity contribution in [2.75, 3.05) is 40.9 Å². The van der Waals surface area contributed by atoms with E-state index < -0.39 is 32.4 Å². The van der Waals surface area contributed by atoms with Gasteiger partial charge < -0.3 is 28.6 Å². The van der Waals surface area contributed by atoms with Gasteiger partial charge in [-0.05, 0) is 6.42 Å². The number of ketones is 1. The highest BCUT2D eigenvalue weighted by molar-refractivity contribution is 7.45. The van der Waals surface area contributed by atoms with Gasteiger partial charge in [0, 0.05) is 6.42 Å². The Morgan fingerprint density at radius 2 is 1.29 bits per heavy atom. The second kappa shape index (κ2) is 20.7. The molecule has 0 aliphatic carbocycles. The number of nitrogens with zero attached hydrogens (tertiary/aromatic N) is 1. The zero-order valence-electron chi connectivity index (χ0n) is 22.9. The number of hydrogen-bond acceptors (Lipinski definition) is 7. The van der Waals surface area contributed by atoms with E-state index in [-0.39, 0.29) is 13.0 Å². The molecule has 9 heteroatoms. The lowest BCUT2D eigenvalue weighted by atomic mass is 10.0. The first kappa shape index (κ1) is 34.7. The molecule has 0 amide bonds. The predicted molar refractivity (Wildman–Crippen MR) is 139 cm³/mol. The molecule has 0 rings (SSSR count). The van der Waals surface area contributed by atoms with Gasteiger partial charge in [-0.25, -0.2) is 0 Å². The summed E-state index contributed by atoms with van der Waals surface area (Å²) in [5, 5.41) is 19.1. The molecule has 2 unspecified atom stereocenters. The average Bonchev–Trinajstić information content (AvgIpc) is 2.78. The normalized spacial score (nSPS) is 15.6. The molecule has 0 radical (unpaired) electrons. The number of aliphatic hydroxyl groups is 2. The van der Waals surface area contributed by atoms with E-state index in [2.05, 4.69) is 6.92 Å². The number of unbranched alkanes of at least 4 members (excludes halogenated alkanes) is 14. The van der Waals surface area contributed by atoms with Crippen LogP contribution >= 0.6 is 7.82 Å². The molecule has 0 aliphatic heterocycles. The maximum atomic E-state index is 12.5. The lowest BCUT2D eigenvalue weighted by molar-refractivity contribution is -0.870. The van der Waals surface area contributed by atoms with Gasteiger partial charge in [-0.15, -0.1) is 0 Å². The maximum Gasteiger partial charge on any atom is 0.268 e. The second-order valence-corrected chi connectivity index (χ2v) is 12.1. The maximum absolute atomic E-state index is 12.5. The molecule has 0 aromatic carbocycles. The van der Waals surface area contributed by atoms with Gasteiger partial charge in [-0.3, -0.25) is 9.36 Å². The van der Waals surface area contributed by atoms with Crippen LogP contribution < -0.4 is 4.89 Å². The zero-order valence-corrected chi connectivity index (χ0v) is 23.8. The minimum atomic E-state index is -4.78. The van der Waals surface area contributed by atoms with Gasteiger partial charge in [0.05, 0.1) is 27.7 Å². The first-order valence-corrected chi connectivity index (χ1v) is 15.2. The molecule has 0 aromatic rings. The Bertz CT molecular complexity index is 568. The van der Waals surface area contributed by atoms with Crippen molar-refractivity contribution in [1.82, 2.24) is 0 Å². The lowest BCUT2D eigenvalue weighted by Gasteiger charge is -2.30. The fraction of sp³-hybridized carbons (Fsp3) is 0.962. The minimum Gasteiger partial charge on any atom is -0.756 e. The van der Waals surface area contributed by atoms with Crippen molar-refractivity contribution in [2.45, 2.75) is 122 Å². The number of Topliss-reactive ketones (excluding diaryl/α,β-unsaturated/α-hetero) is 1. The summed E-state index contributed by atoms with van der Waals surface area (Å²) >= 11 is 0. The molecule has 35 heavy (non-hydrogen) atoms. The molecule has 0 aliphatic rings. The number of rotatable bonds is 25. The molecule has 0 bridgehead atoms. The van der Waals surface area contributed by atoms with E-state index in [1.54, 1.807) is 0 Å². The third kappa shape index (κ3) is 21.5. The summed E-state index contributed by atoms with van der Waals surface area (Å²) in [6.07, 6.45) is 15.0. The van der Waals surface area contributed by atoms with E-state index in [1.165, 1.54) is 70.6 Å². The summed E-state index contributed by atoms with van der Waals surface area (Å²) in [4.78, 5) is 24.6. The van der Waals surface area contributed by atoms with E-state index in [0.717, 1.165) is 19.3 Å². The summed E-state index contributed by atoms with van der Waals surface area (Å²) < 4.78 is 22.3. The fourth-order valence-electron chi connectivity index (χ4n) is 3.85. The molecule has 0 aromatic heterocycles. The number of likely N-dealkylation sites (N-methyl/N-ethyl adjacent to an activating group) is 1. The molecule has 8 nitrogen and oxygen atoms in total. The van der Waals surface area contributed by atoms with Crippen molar-refractivity contribution in [3.8, 4) is 0 Å². The summed E-state index contributed by atoms with van der Waals surface area (Å²) in [5.41, 5.74) is 0. The van der Waals surface area contributed by atoms with Crippen molar-refractivity contribution in [3.05, 3.63) is 0 Å². The number of quaternary nitrogens is 1. The summed E-state index contributed by atoms with van der Waals surface area (Å²) in [6, 6.07) is 0. The van der Waals surface area contributed by atoms with E-state index in [9.17, 15) is 24.5 Å². The smallest absolute Gasteiger partial charge is 0.268 e. The molecular formula is C26H54NO7P. The minimum absolute atomic E-state index is 0.0961. The SMILES string of the molecule is CCCCCCCCCCCCCCCCCC(=O)C(OP(=O)([O-])OCC[N+](C)(C)C)[C@@H](O)CO. The highest BCUT2D eigenvalue weighted by Gasteiger charge is 2.31. The molecule has 3 atom stereocenters. The monoisotopic (exact) mass is 523 g/mol. The van der Waals surface area contributed by atoms with Gasteiger partial charge in [0.2, 0.25) is 0 Å². The van der Waals surface area contributed by atoms with Gasteiger partial charge in [0.15, 0.2) is 11.9 Å². The van der Waals surface area contributed by atoms with Crippen LogP contribution in [0, 0.1) is 0 Å². The van der Waals surface area contributed by atoms with Gasteiger partial charge >= 0.3 is 0 Å². The summed E-state index contributed by atoms with van der Waals surface area (Å²) in [7, 11) is 0.882. The number of hydrogen-bond donors (Lipinski definition) is 2. The number of carbonyl (C=O) groups excluding carboxylic acids is 1. The quantitative estimate of drug-likeness (QED) is 0.101. The molecule has 0 saturated heterocycles. The molecule has 0 saturated carbocycles. The van der Waals surface area contributed by atoms with E-state index in [1.807, 2.05) is 21.1 Å².